The number of esters is 1. The van der Waals surface area contributed by atoms with Crippen molar-refractivity contribution in [3.63, 3.8) is 0 Å². The van der Waals surface area contributed by atoms with Crippen LogP contribution < -0.4 is 0 Å². The molecular weight excluding hydrogens is 264 g/mol. The van der Waals surface area contributed by atoms with Crippen LogP contribution in [0.15, 0.2) is 34.4 Å². The third kappa shape index (κ3) is 2.26. The summed E-state index contributed by atoms with van der Waals surface area (Å²) in [7, 11) is 0. The molecule has 98 valence electrons. The topological polar surface area (TPSA) is 56.7 Å². The number of nitrogens with zero attached hydrogens (tertiary/aromatic N) is 2. The molecule has 0 aliphatic carbocycles. The van der Waals surface area contributed by atoms with E-state index in [1.54, 1.807) is 13.2 Å². The Balaban J connectivity index is 1.92. The number of fused-ring (bicyclic) bond motifs is 1. The van der Waals surface area contributed by atoms with E-state index in [1.807, 2.05) is 28.1 Å². The molecule has 3 aromatic rings. The first-order chi connectivity index (χ1) is 9.28. The summed E-state index contributed by atoms with van der Waals surface area (Å²) in [5.41, 5.74) is 1.64. The molecule has 3 heterocycles. The number of hydrogen-bond acceptors (Lipinski definition) is 5. The molecule has 0 N–H and O–H groups in total. The lowest BCUT2D eigenvalue weighted by Crippen LogP contribution is -2.08. The van der Waals surface area contributed by atoms with Gasteiger partial charge in [-0.05, 0) is 19.1 Å². The van der Waals surface area contributed by atoms with Gasteiger partial charge in [0.2, 0.25) is 0 Å². The Bertz CT molecular complexity index is 697. The van der Waals surface area contributed by atoms with E-state index < -0.39 is 0 Å². The minimum Gasteiger partial charge on any atom is -0.466 e. The molecule has 0 unspecified atom stereocenters. The molecule has 5 nitrogen and oxygen atoms in total. The molecule has 0 saturated heterocycles. The van der Waals surface area contributed by atoms with Gasteiger partial charge in [-0.1, -0.05) is 0 Å². The lowest BCUT2D eigenvalue weighted by Gasteiger charge is -2.00. The van der Waals surface area contributed by atoms with E-state index in [0.29, 0.717) is 6.61 Å². The fourth-order valence-corrected chi connectivity index (χ4v) is 2.73. The van der Waals surface area contributed by atoms with E-state index in [2.05, 4.69) is 4.98 Å². The van der Waals surface area contributed by atoms with Crippen molar-refractivity contribution in [2.75, 3.05) is 6.61 Å². The molecule has 0 spiro atoms. The summed E-state index contributed by atoms with van der Waals surface area (Å²) >= 11 is 1.49. The molecular formula is C13H12N2O3S. The molecule has 0 amide bonds. The maximum Gasteiger partial charge on any atom is 0.311 e. The summed E-state index contributed by atoms with van der Waals surface area (Å²) in [6.07, 6.45) is 3.74. The summed E-state index contributed by atoms with van der Waals surface area (Å²) in [6.45, 7) is 2.20. The van der Waals surface area contributed by atoms with Crippen molar-refractivity contribution in [2.45, 2.75) is 13.3 Å². The van der Waals surface area contributed by atoms with Crippen LogP contribution in [0.1, 0.15) is 12.6 Å². The number of rotatable bonds is 4. The summed E-state index contributed by atoms with van der Waals surface area (Å²) in [5.74, 6) is 0.494. The summed E-state index contributed by atoms with van der Waals surface area (Å²) < 4.78 is 12.2. The Kier molecular flexibility index (Phi) is 3.08. The van der Waals surface area contributed by atoms with Crippen LogP contribution in [0.3, 0.4) is 0 Å². The molecule has 0 radical (unpaired) electrons. The second-order valence-electron chi connectivity index (χ2n) is 3.96. The lowest BCUT2D eigenvalue weighted by molar-refractivity contribution is -0.142. The van der Waals surface area contributed by atoms with Gasteiger partial charge in [-0.2, -0.15) is 0 Å². The van der Waals surface area contributed by atoms with Crippen LogP contribution in [0.25, 0.3) is 16.4 Å². The van der Waals surface area contributed by atoms with Gasteiger partial charge in [0.05, 0.1) is 19.3 Å². The smallest absolute Gasteiger partial charge is 0.311 e. The molecule has 6 heteroatoms. The highest BCUT2D eigenvalue weighted by molar-refractivity contribution is 7.15. The van der Waals surface area contributed by atoms with E-state index in [-0.39, 0.29) is 12.4 Å². The molecule has 0 saturated carbocycles. The predicted molar refractivity (Wildman–Crippen MR) is 71.1 cm³/mol. The third-order valence-corrected chi connectivity index (χ3v) is 3.58. The molecule has 3 aromatic heterocycles. The van der Waals surface area contributed by atoms with Crippen LogP contribution in [-0.4, -0.2) is 22.0 Å². The first-order valence-electron chi connectivity index (χ1n) is 5.93. The van der Waals surface area contributed by atoms with Gasteiger partial charge in [-0.15, -0.1) is 11.3 Å². The Labute approximate surface area is 113 Å². The van der Waals surface area contributed by atoms with Crippen molar-refractivity contribution in [3.8, 4) is 11.5 Å². The molecule has 0 bridgehead atoms. The highest BCUT2D eigenvalue weighted by atomic mass is 32.1. The normalized spacial score (nSPS) is 11.0. The van der Waals surface area contributed by atoms with Crippen LogP contribution in [0, 0.1) is 0 Å². The highest BCUT2D eigenvalue weighted by Gasteiger charge is 2.13. The number of ether oxygens (including phenoxy) is 1. The number of carbonyl (C=O) groups excluding carboxylic acids is 1. The quantitative estimate of drug-likeness (QED) is 0.687. The third-order valence-electron chi connectivity index (χ3n) is 2.69. The second kappa shape index (κ2) is 4.89. The number of hydrogen-bond donors (Lipinski definition) is 0. The standard InChI is InChI=1S/C13H12N2O3S/c1-2-17-12(16)6-9-8-19-13-14-10(7-15(9)13)11-4-3-5-18-11/h3-5,7-8H,2,6H2,1H3. The van der Waals surface area contributed by atoms with Crippen molar-refractivity contribution < 1.29 is 13.9 Å². The van der Waals surface area contributed by atoms with Gasteiger partial charge in [0.15, 0.2) is 10.7 Å². The van der Waals surface area contributed by atoms with Crippen LogP contribution in [0.2, 0.25) is 0 Å². The summed E-state index contributed by atoms with van der Waals surface area (Å²) in [4.78, 5) is 16.8. The molecule has 0 atom stereocenters. The van der Waals surface area contributed by atoms with Crippen molar-refractivity contribution in [1.29, 1.82) is 0 Å². The van der Waals surface area contributed by atoms with E-state index in [9.17, 15) is 4.79 Å². The average Bonchev–Trinajstić information content (AvgIpc) is 3.05. The van der Waals surface area contributed by atoms with Crippen LogP contribution in [0.5, 0.6) is 0 Å². The van der Waals surface area contributed by atoms with Gasteiger partial charge >= 0.3 is 5.97 Å². The van der Waals surface area contributed by atoms with Gasteiger partial charge < -0.3 is 9.15 Å². The minimum atomic E-state index is -0.226. The SMILES string of the molecule is CCOC(=O)Cc1csc2nc(-c3ccco3)cn12. The van der Waals surface area contributed by atoms with Gasteiger partial charge in [-0.3, -0.25) is 9.20 Å². The first kappa shape index (κ1) is 12.0. The minimum absolute atomic E-state index is 0.226. The number of furan rings is 1. The molecule has 0 aromatic carbocycles. The van der Waals surface area contributed by atoms with Gasteiger partial charge in [0, 0.05) is 17.3 Å². The van der Waals surface area contributed by atoms with Crippen LogP contribution in [-0.2, 0) is 16.0 Å². The lowest BCUT2D eigenvalue weighted by atomic mass is 10.3. The fraction of sp³-hybridized carbons (Fsp3) is 0.231. The zero-order valence-corrected chi connectivity index (χ0v) is 11.1. The Hall–Kier alpha value is -2.08. The first-order valence-corrected chi connectivity index (χ1v) is 6.81. The van der Waals surface area contributed by atoms with E-state index >= 15 is 0 Å². The maximum atomic E-state index is 11.5. The maximum absolute atomic E-state index is 11.5. The van der Waals surface area contributed by atoms with E-state index in [0.717, 1.165) is 22.1 Å². The van der Waals surface area contributed by atoms with Crippen LogP contribution in [0.4, 0.5) is 0 Å². The van der Waals surface area contributed by atoms with Crippen molar-refractivity contribution in [2.24, 2.45) is 0 Å². The van der Waals surface area contributed by atoms with Crippen LogP contribution >= 0.6 is 11.3 Å². The van der Waals surface area contributed by atoms with Crippen molar-refractivity contribution in [1.82, 2.24) is 9.38 Å². The van der Waals surface area contributed by atoms with Gasteiger partial charge in [-0.25, -0.2) is 4.98 Å². The van der Waals surface area contributed by atoms with Crippen molar-refractivity contribution >= 4 is 22.3 Å². The van der Waals surface area contributed by atoms with Gasteiger partial charge in [0.25, 0.3) is 0 Å². The Morgan fingerprint density at radius 1 is 1.58 bits per heavy atom. The predicted octanol–water partition coefficient (Wildman–Crippen LogP) is 2.76. The number of thiazole rings is 1. The molecule has 3 rings (SSSR count). The highest BCUT2D eigenvalue weighted by Crippen LogP contribution is 2.24. The monoisotopic (exact) mass is 276 g/mol. The summed E-state index contributed by atoms with van der Waals surface area (Å²) in [6, 6.07) is 3.68. The Morgan fingerprint density at radius 3 is 3.21 bits per heavy atom. The van der Waals surface area contributed by atoms with Crippen molar-refractivity contribution in [3.05, 3.63) is 35.7 Å². The zero-order valence-electron chi connectivity index (χ0n) is 10.3. The number of carbonyl (C=O) groups is 1. The summed E-state index contributed by atoms with van der Waals surface area (Å²) in [5, 5.41) is 1.92. The molecule has 0 fully saturated rings. The second-order valence-corrected chi connectivity index (χ2v) is 4.80. The molecule has 19 heavy (non-hydrogen) atoms. The van der Waals surface area contributed by atoms with E-state index in [4.69, 9.17) is 9.15 Å². The average molecular weight is 276 g/mol. The van der Waals surface area contributed by atoms with E-state index in [1.165, 1.54) is 11.3 Å². The largest absolute Gasteiger partial charge is 0.466 e. The zero-order chi connectivity index (χ0) is 13.2. The Morgan fingerprint density at radius 2 is 2.47 bits per heavy atom. The fourth-order valence-electron chi connectivity index (χ4n) is 1.86. The number of aromatic nitrogens is 2. The van der Waals surface area contributed by atoms with Gasteiger partial charge in [0.1, 0.15) is 5.69 Å². The number of imidazole rings is 1. The molecule has 0 aliphatic heterocycles. The molecule has 0 aliphatic rings.